The van der Waals surface area contributed by atoms with Crippen LogP contribution in [0.25, 0.3) is 0 Å². The number of alkyl halides is 2. The molecule has 0 aliphatic carbocycles. The van der Waals surface area contributed by atoms with Gasteiger partial charge in [0.15, 0.2) is 5.01 Å². The van der Waals surface area contributed by atoms with Crippen LogP contribution in [0, 0.1) is 5.92 Å². The van der Waals surface area contributed by atoms with Crippen LogP contribution in [-0.2, 0) is 9.59 Å². The highest BCUT2D eigenvalue weighted by Crippen LogP contribution is 2.24. The van der Waals surface area contributed by atoms with Crippen LogP contribution in [0.2, 0.25) is 0 Å². The molecule has 0 saturated heterocycles. The molecule has 0 fully saturated rings. The fourth-order valence-corrected chi connectivity index (χ4v) is 1.74. The summed E-state index contributed by atoms with van der Waals surface area (Å²) in [6.07, 6.45) is -2.73. The van der Waals surface area contributed by atoms with E-state index in [0.717, 1.165) is 0 Å². The normalized spacial score (nSPS) is 12.0. The van der Waals surface area contributed by atoms with Gasteiger partial charge in [0.25, 0.3) is 6.43 Å². The van der Waals surface area contributed by atoms with E-state index in [1.165, 1.54) is 0 Å². The number of carbonyl (C=O) groups excluding carboxylic acids is 2. The number of halogens is 3. The zero-order chi connectivity index (χ0) is 15.3. The van der Waals surface area contributed by atoms with Gasteiger partial charge < -0.3 is 11.1 Å². The molecule has 0 spiro atoms. The summed E-state index contributed by atoms with van der Waals surface area (Å²) in [7, 11) is 0. The molecule has 21 heavy (non-hydrogen) atoms. The average molecular weight is 344 g/mol. The summed E-state index contributed by atoms with van der Waals surface area (Å²) in [5, 5.41) is 10.7. The third-order valence-electron chi connectivity index (χ3n) is 2.32. The predicted molar refractivity (Wildman–Crippen MR) is 76.6 cm³/mol. The second-order valence-corrected chi connectivity index (χ2v) is 5.29. The minimum Gasteiger partial charge on any atom is -0.346 e. The van der Waals surface area contributed by atoms with Gasteiger partial charge >= 0.3 is 0 Å². The Balaban J connectivity index is 0.00000400. The number of anilines is 1. The van der Waals surface area contributed by atoms with Crippen molar-refractivity contribution in [2.24, 2.45) is 11.7 Å². The fraction of sp³-hybridized carbons (Fsp3) is 0.600. The van der Waals surface area contributed by atoms with E-state index in [1.54, 1.807) is 13.8 Å². The van der Waals surface area contributed by atoms with Crippen LogP contribution in [0.5, 0.6) is 0 Å². The molecule has 2 amide bonds. The lowest BCUT2D eigenvalue weighted by Crippen LogP contribution is -2.46. The van der Waals surface area contributed by atoms with E-state index in [4.69, 9.17) is 5.73 Å². The van der Waals surface area contributed by atoms with Gasteiger partial charge in [-0.2, -0.15) is 0 Å². The maximum Gasteiger partial charge on any atom is 0.291 e. The van der Waals surface area contributed by atoms with Crippen molar-refractivity contribution in [1.29, 1.82) is 0 Å². The molecule has 120 valence electrons. The number of nitrogens with one attached hydrogen (secondary N) is 2. The van der Waals surface area contributed by atoms with Crippen molar-refractivity contribution in [3.8, 4) is 0 Å². The zero-order valence-corrected chi connectivity index (χ0v) is 12.9. The van der Waals surface area contributed by atoms with Crippen LogP contribution in [-0.4, -0.2) is 34.6 Å². The molecule has 0 radical (unpaired) electrons. The van der Waals surface area contributed by atoms with Crippen molar-refractivity contribution in [3.63, 3.8) is 0 Å². The van der Waals surface area contributed by atoms with Crippen LogP contribution in [0.15, 0.2) is 0 Å². The van der Waals surface area contributed by atoms with Crippen molar-refractivity contribution in [2.45, 2.75) is 26.3 Å². The van der Waals surface area contributed by atoms with Gasteiger partial charge in [0.2, 0.25) is 16.9 Å². The van der Waals surface area contributed by atoms with E-state index >= 15 is 0 Å². The Morgan fingerprint density at radius 3 is 2.43 bits per heavy atom. The summed E-state index contributed by atoms with van der Waals surface area (Å²) < 4.78 is 24.5. The fourth-order valence-electron chi connectivity index (χ4n) is 1.12. The summed E-state index contributed by atoms with van der Waals surface area (Å²) in [5.74, 6) is -1.11. The maximum atomic E-state index is 12.3. The lowest BCUT2D eigenvalue weighted by atomic mass is 10.1. The monoisotopic (exact) mass is 343 g/mol. The van der Waals surface area contributed by atoms with Gasteiger partial charge in [-0.25, -0.2) is 8.78 Å². The van der Waals surface area contributed by atoms with Crippen molar-refractivity contribution < 1.29 is 18.4 Å². The maximum absolute atomic E-state index is 12.3. The molecule has 0 aromatic carbocycles. The second-order valence-electron chi connectivity index (χ2n) is 4.28. The first-order valence-electron chi connectivity index (χ1n) is 5.76. The van der Waals surface area contributed by atoms with E-state index in [0.29, 0.717) is 11.3 Å². The molecular formula is C10H16ClF2N5O2S. The minimum atomic E-state index is -2.73. The molecular weight excluding hydrogens is 328 g/mol. The van der Waals surface area contributed by atoms with Crippen LogP contribution in [0.1, 0.15) is 25.3 Å². The zero-order valence-electron chi connectivity index (χ0n) is 11.3. The Labute approximate surface area is 130 Å². The Hall–Kier alpha value is -1.39. The number of nitrogens with zero attached hydrogens (tertiary/aromatic N) is 2. The first kappa shape index (κ1) is 19.6. The summed E-state index contributed by atoms with van der Waals surface area (Å²) in [6, 6.07) is -0.713. The number of nitrogens with two attached hydrogens (primary N) is 1. The first-order chi connectivity index (χ1) is 9.31. The smallest absolute Gasteiger partial charge is 0.291 e. The number of hydrogen-bond donors (Lipinski definition) is 3. The van der Waals surface area contributed by atoms with Gasteiger partial charge in [0, 0.05) is 0 Å². The molecule has 1 atom stereocenters. The Bertz CT molecular complexity index is 486. The third-order valence-corrected chi connectivity index (χ3v) is 3.16. The highest BCUT2D eigenvalue weighted by molar-refractivity contribution is 7.15. The quantitative estimate of drug-likeness (QED) is 0.712. The molecule has 7 nitrogen and oxygen atoms in total. The summed E-state index contributed by atoms with van der Waals surface area (Å²) in [6.45, 7) is 3.23. The Kier molecular flexibility index (Phi) is 8.22. The first-order valence-corrected chi connectivity index (χ1v) is 6.57. The molecule has 0 aliphatic rings. The predicted octanol–water partition coefficient (Wildman–Crippen LogP) is 0.935. The number of aromatic nitrogens is 2. The lowest BCUT2D eigenvalue weighted by Gasteiger charge is -2.14. The molecule has 1 rings (SSSR count). The molecule has 0 saturated carbocycles. The van der Waals surface area contributed by atoms with Crippen molar-refractivity contribution in [3.05, 3.63) is 5.01 Å². The molecule has 4 N–H and O–H groups in total. The van der Waals surface area contributed by atoms with E-state index < -0.39 is 29.3 Å². The molecule has 0 unspecified atom stereocenters. The highest BCUT2D eigenvalue weighted by atomic mass is 35.5. The average Bonchev–Trinajstić information content (AvgIpc) is 2.83. The lowest BCUT2D eigenvalue weighted by molar-refractivity contribution is -0.125. The number of carbonyl (C=O) groups is 2. The third kappa shape index (κ3) is 6.27. The Morgan fingerprint density at radius 2 is 1.95 bits per heavy atom. The minimum absolute atomic E-state index is 0. The summed E-state index contributed by atoms with van der Waals surface area (Å²) >= 11 is 0.573. The molecule has 0 bridgehead atoms. The van der Waals surface area contributed by atoms with Crippen molar-refractivity contribution >= 4 is 40.7 Å². The number of hydrogen-bond acceptors (Lipinski definition) is 6. The molecule has 1 aromatic heterocycles. The molecule has 1 aromatic rings. The van der Waals surface area contributed by atoms with Crippen LogP contribution < -0.4 is 16.4 Å². The molecule has 1 heterocycles. The standard InChI is InChI=1S/C10H15F2N5O2S.ClH/c1-4(2)6(13)8(19)14-3-5(18)15-10-17-16-9(20-10)7(11)12;/h4,6-7H,3,13H2,1-2H3,(H,14,19)(H,15,17,18);1H/t6-;/m0./s1. The van der Waals surface area contributed by atoms with Gasteiger partial charge in [0.05, 0.1) is 12.6 Å². The van der Waals surface area contributed by atoms with Crippen LogP contribution in [0.4, 0.5) is 13.9 Å². The van der Waals surface area contributed by atoms with E-state index in [1.807, 2.05) is 0 Å². The van der Waals surface area contributed by atoms with E-state index in [9.17, 15) is 18.4 Å². The van der Waals surface area contributed by atoms with E-state index in [2.05, 4.69) is 20.8 Å². The SMILES string of the molecule is CC(C)[C@H](N)C(=O)NCC(=O)Nc1nnc(C(F)F)s1.Cl. The van der Waals surface area contributed by atoms with Gasteiger partial charge in [-0.15, -0.1) is 22.6 Å². The second kappa shape index (κ2) is 8.80. The Morgan fingerprint density at radius 1 is 1.33 bits per heavy atom. The van der Waals surface area contributed by atoms with Gasteiger partial charge in [-0.1, -0.05) is 25.2 Å². The number of rotatable bonds is 6. The summed E-state index contributed by atoms with van der Waals surface area (Å²) in [5.41, 5.74) is 5.59. The largest absolute Gasteiger partial charge is 0.346 e. The molecule has 0 aliphatic heterocycles. The van der Waals surface area contributed by atoms with Gasteiger partial charge in [-0.05, 0) is 5.92 Å². The highest BCUT2D eigenvalue weighted by Gasteiger charge is 2.18. The summed E-state index contributed by atoms with van der Waals surface area (Å²) in [4.78, 5) is 23.0. The van der Waals surface area contributed by atoms with Gasteiger partial charge in [-0.3, -0.25) is 14.9 Å². The van der Waals surface area contributed by atoms with Crippen molar-refractivity contribution in [1.82, 2.24) is 15.5 Å². The van der Waals surface area contributed by atoms with E-state index in [-0.39, 0.29) is 30.0 Å². The van der Waals surface area contributed by atoms with Crippen LogP contribution >= 0.6 is 23.7 Å². The topological polar surface area (TPSA) is 110 Å². The van der Waals surface area contributed by atoms with Crippen LogP contribution in [0.3, 0.4) is 0 Å². The number of amides is 2. The molecule has 11 heteroatoms. The van der Waals surface area contributed by atoms with Crippen molar-refractivity contribution in [2.75, 3.05) is 11.9 Å². The van der Waals surface area contributed by atoms with Gasteiger partial charge in [0.1, 0.15) is 0 Å².